The van der Waals surface area contributed by atoms with Crippen LogP contribution < -0.4 is 5.73 Å². The lowest BCUT2D eigenvalue weighted by Crippen LogP contribution is -2.42. The molecule has 0 bridgehead atoms. The van der Waals surface area contributed by atoms with Crippen molar-refractivity contribution in [3.8, 4) is 17.2 Å². The van der Waals surface area contributed by atoms with Crippen molar-refractivity contribution in [2.45, 2.75) is 18.8 Å². The number of amides is 2. The Morgan fingerprint density at radius 1 is 1.19 bits per heavy atom. The Balaban J connectivity index is 1.77. The number of urea groups is 1. The summed E-state index contributed by atoms with van der Waals surface area (Å²) >= 11 is 0. The van der Waals surface area contributed by atoms with Gasteiger partial charge in [-0.15, -0.1) is 0 Å². The van der Waals surface area contributed by atoms with Crippen LogP contribution in [0.3, 0.4) is 0 Å². The largest absolute Gasteiger partial charge is 0.351 e. The van der Waals surface area contributed by atoms with Gasteiger partial charge >= 0.3 is 6.03 Å². The van der Waals surface area contributed by atoms with E-state index in [0.29, 0.717) is 24.7 Å². The molecular formula is C19H19FN6O. The van der Waals surface area contributed by atoms with E-state index in [1.165, 1.54) is 12.1 Å². The van der Waals surface area contributed by atoms with E-state index in [9.17, 15) is 9.18 Å². The van der Waals surface area contributed by atoms with Gasteiger partial charge in [0, 0.05) is 37.0 Å². The summed E-state index contributed by atoms with van der Waals surface area (Å²) in [5.74, 6) is 0.225. The number of carbonyl (C=O) groups is 1. The van der Waals surface area contributed by atoms with E-state index in [2.05, 4.69) is 15.1 Å². The molecule has 4 rings (SSSR count). The summed E-state index contributed by atoms with van der Waals surface area (Å²) in [5, 5.41) is 4.66. The summed E-state index contributed by atoms with van der Waals surface area (Å²) in [7, 11) is 0. The first-order valence-corrected chi connectivity index (χ1v) is 8.79. The summed E-state index contributed by atoms with van der Waals surface area (Å²) in [5.41, 5.74) is 7.88. The molecule has 0 spiro atoms. The van der Waals surface area contributed by atoms with Gasteiger partial charge in [-0.05, 0) is 49.2 Å². The molecule has 2 aromatic heterocycles. The van der Waals surface area contributed by atoms with E-state index >= 15 is 0 Å². The van der Waals surface area contributed by atoms with E-state index < -0.39 is 6.03 Å². The average Bonchev–Trinajstić information content (AvgIpc) is 3.15. The number of nitrogens with two attached hydrogens (primary N) is 1. The highest BCUT2D eigenvalue weighted by molar-refractivity contribution is 5.72. The zero-order chi connectivity index (χ0) is 18.8. The molecule has 2 amide bonds. The second-order valence-corrected chi connectivity index (χ2v) is 6.55. The Labute approximate surface area is 155 Å². The lowest BCUT2D eigenvalue weighted by molar-refractivity contribution is 0.187. The van der Waals surface area contributed by atoms with Crippen molar-refractivity contribution in [1.29, 1.82) is 0 Å². The Bertz CT molecular complexity index is 941. The first-order chi connectivity index (χ1) is 13.1. The number of hydrogen-bond donors (Lipinski definition) is 1. The number of aromatic nitrogens is 4. The molecule has 1 atom stereocenters. The first-order valence-electron chi connectivity index (χ1n) is 8.79. The number of likely N-dealkylation sites (tertiary alicyclic amines) is 1. The molecule has 0 saturated carbocycles. The summed E-state index contributed by atoms with van der Waals surface area (Å²) in [6.07, 6.45) is 5.08. The van der Waals surface area contributed by atoms with Crippen LogP contribution in [-0.2, 0) is 0 Å². The van der Waals surface area contributed by atoms with Gasteiger partial charge in [-0.1, -0.05) is 0 Å². The van der Waals surface area contributed by atoms with Crippen LogP contribution in [0, 0.1) is 5.82 Å². The topological polar surface area (TPSA) is 89.9 Å². The third-order valence-electron chi connectivity index (χ3n) is 4.77. The predicted octanol–water partition coefficient (Wildman–Crippen LogP) is 2.73. The number of rotatable bonds is 3. The Morgan fingerprint density at radius 2 is 1.93 bits per heavy atom. The van der Waals surface area contributed by atoms with Crippen molar-refractivity contribution in [2.75, 3.05) is 13.1 Å². The van der Waals surface area contributed by atoms with Gasteiger partial charge in [0.25, 0.3) is 5.95 Å². The summed E-state index contributed by atoms with van der Waals surface area (Å²) in [6.45, 7) is 1.18. The molecule has 138 valence electrons. The van der Waals surface area contributed by atoms with Gasteiger partial charge in [-0.25, -0.2) is 23.8 Å². The molecule has 8 heteroatoms. The SMILES string of the molecule is NC(=O)N1CCCC(c2cc(-c3ccc(F)cc3)nn2-c2ncccn2)C1. The zero-order valence-corrected chi connectivity index (χ0v) is 14.6. The van der Waals surface area contributed by atoms with Gasteiger partial charge in [0.1, 0.15) is 5.82 Å². The fourth-order valence-corrected chi connectivity index (χ4v) is 3.43. The highest BCUT2D eigenvalue weighted by Gasteiger charge is 2.27. The van der Waals surface area contributed by atoms with Crippen LogP contribution >= 0.6 is 0 Å². The number of halogens is 1. The number of primary amides is 1. The highest BCUT2D eigenvalue weighted by atomic mass is 19.1. The Hall–Kier alpha value is -3.29. The minimum atomic E-state index is -0.416. The van der Waals surface area contributed by atoms with Gasteiger partial charge in [-0.3, -0.25) is 0 Å². The number of carbonyl (C=O) groups excluding carboxylic acids is 1. The molecule has 1 saturated heterocycles. The lowest BCUT2D eigenvalue weighted by atomic mass is 9.94. The standard InChI is InChI=1S/C19H19FN6O/c20-15-6-4-13(5-7-15)16-11-17(14-3-1-10-25(12-14)18(21)27)26(24-16)19-22-8-2-9-23-19/h2,4-9,11,14H,1,3,10,12H2,(H2,21,27). The molecule has 2 N–H and O–H groups in total. The van der Waals surface area contributed by atoms with E-state index in [4.69, 9.17) is 5.73 Å². The van der Waals surface area contributed by atoms with Crippen LogP contribution in [0.1, 0.15) is 24.5 Å². The van der Waals surface area contributed by atoms with Gasteiger partial charge in [0.2, 0.25) is 0 Å². The predicted molar refractivity (Wildman–Crippen MR) is 97.7 cm³/mol. The van der Waals surface area contributed by atoms with Crippen molar-refractivity contribution in [2.24, 2.45) is 5.73 Å². The molecule has 1 aliphatic heterocycles. The first kappa shape index (κ1) is 17.1. The maximum absolute atomic E-state index is 13.3. The second-order valence-electron chi connectivity index (χ2n) is 6.55. The molecule has 3 aromatic rings. The molecule has 7 nitrogen and oxygen atoms in total. The van der Waals surface area contributed by atoms with Gasteiger partial charge in [0.15, 0.2) is 0 Å². The Morgan fingerprint density at radius 3 is 2.63 bits per heavy atom. The van der Waals surface area contributed by atoms with E-state index in [1.54, 1.807) is 40.2 Å². The highest BCUT2D eigenvalue weighted by Crippen LogP contribution is 2.31. The molecule has 3 heterocycles. The summed E-state index contributed by atoms with van der Waals surface area (Å²) < 4.78 is 15.0. The van der Waals surface area contributed by atoms with E-state index in [0.717, 1.165) is 24.1 Å². The van der Waals surface area contributed by atoms with Crippen molar-refractivity contribution < 1.29 is 9.18 Å². The second kappa shape index (κ2) is 7.14. The molecular weight excluding hydrogens is 347 g/mol. The fourth-order valence-electron chi connectivity index (χ4n) is 3.43. The molecule has 1 unspecified atom stereocenters. The lowest BCUT2D eigenvalue weighted by Gasteiger charge is -2.31. The molecule has 1 aliphatic rings. The van der Waals surface area contributed by atoms with E-state index in [1.807, 2.05) is 6.07 Å². The van der Waals surface area contributed by atoms with Crippen molar-refractivity contribution in [3.63, 3.8) is 0 Å². The van der Waals surface area contributed by atoms with Crippen LogP contribution in [0.4, 0.5) is 9.18 Å². The smallest absolute Gasteiger partial charge is 0.314 e. The number of nitrogens with zero attached hydrogens (tertiary/aromatic N) is 5. The fraction of sp³-hybridized carbons (Fsp3) is 0.263. The number of benzene rings is 1. The molecule has 0 aliphatic carbocycles. The maximum atomic E-state index is 13.3. The van der Waals surface area contributed by atoms with Crippen LogP contribution in [-0.4, -0.2) is 43.8 Å². The van der Waals surface area contributed by atoms with Crippen molar-refractivity contribution in [3.05, 3.63) is 60.3 Å². The molecule has 1 aromatic carbocycles. The van der Waals surface area contributed by atoms with Gasteiger partial charge in [0.05, 0.1) is 11.4 Å². The van der Waals surface area contributed by atoms with Gasteiger partial charge in [-0.2, -0.15) is 5.10 Å². The number of piperidine rings is 1. The van der Waals surface area contributed by atoms with E-state index in [-0.39, 0.29) is 11.7 Å². The molecule has 1 fully saturated rings. The van der Waals surface area contributed by atoms with Gasteiger partial charge < -0.3 is 10.6 Å². The summed E-state index contributed by atoms with van der Waals surface area (Å²) in [4.78, 5) is 21.9. The minimum Gasteiger partial charge on any atom is -0.351 e. The van der Waals surface area contributed by atoms with Crippen LogP contribution in [0.15, 0.2) is 48.8 Å². The number of hydrogen-bond acceptors (Lipinski definition) is 4. The van der Waals surface area contributed by atoms with Crippen LogP contribution in [0.25, 0.3) is 17.2 Å². The normalized spacial score (nSPS) is 17.1. The van der Waals surface area contributed by atoms with Crippen molar-refractivity contribution in [1.82, 2.24) is 24.6 Å². The minimum absolute atomic E-state index is 0.0664. The van der Waals surface area contributed by atoms with Crippen LogP contribution in [0.2, 0.25) is 0 Å². The third kappa shape index (κ3) is 3.51. The zero-order valence-electron chi connectivity index (χ0n) is 14.6. The Kier molecular flexibility index (Phi) is 4.53. The average molecular weight is 366 g/mol. The molecule has 0 radical (unpaired) electrons. The molecule has 27 heavy (non-hydrogen) atoms. The van der Waals surface area contributed by atoms with Crippen LogP contribution in [0.5, 0.6) is 0 Å². The quantitative estimate of drug-likeness (QED) is 0.772. The monoisotopic (exact) mass is 366 g/mol. The third-order valence-corrected chi connectivity index (χ3v) is 4.77. The van der Waals surface area contributed by atoms with Crippen molar-refractivity contribution >= 4 is 6.03 Å². The maximum Gasteiger partial charge on any atom is 0.314 e. The summed E-state index contributed by atoms with van der Waals surface area (Å²) in [6, 6.07) is 9.47.